The maximum absolute atomic E-state index is 13.4. The Kier molecular flexibility index (Phi) is 12.6. The molecule has 0 saturated carbocycles. The van der Waals surface area contributed by atoms with Crippen LogP contribution in [0.15, 0.2) is 47.8 Å². The van der Waals surface area contributed by atoms with Gasteiger partial charge in [-0.25, -0.2) is 9.78 Å². The summed E-state index contributed by atoms with van der Waals surface area (Å²) in [7, 11) is 0. The number of hydrogen-bond acceptors (Lipinski definition) is 7. The maximum atomic E-state index is 13.4. The molecule has 0 aliphatic carbocycles. The Morgan fingerprint density at radius 2 is 1.57 bits per heavy atom. The van der Waals surface area contributed by atoms with E-state index in [2.05, 4.69) is 30.9 Å². The lowest BCUT2D eigenvalue weighted by molar-refractivity contribution is -0.142. The third-order valence-corrected chi connectivity index (χ3v) is 6.11. The molecule has 1 aromatic carbocycles. The number of aromatic amines is 1. The zero-order chi connectivity index (χ0) is 29.7. The lowest BCUT2D eigenvalue weighted by atomic mass is 10.0. The van der Waals surface area contributed by atoms with Gasteiger partial charge in [0.1, 0.15) is 18.1 Å². The van der Waals surface area contributed by atoms with Crippen molar-refractivity contribution in [3.63, 3.8) is 0 Å². The van der Waals surface area contributed by atoms with Crippen LogP contribution in [0.4, 0.5) is 0 Å². The van der Waals surface area contributed by atoms with E-state index < -0.39 is 47.9 Å². The summed E-state index contributed by atoms with van der Waals surface area (Å²) in [6, 6.07) is 4.62. The first kappa shape index (κ1) is 31.8. The van der Waals surface area contributed by atoms with Crippen LogP contribution in [0.5, 0.6) is 0 Å². The second kappa shape index (κ2) is 15.8. The molecular formula is C26H39N9O5. The molecule has 218 valence electrons. The lowest BCUT2D eigenvalue weighted by Crippen LogP contribution is -2.58. The topological polar surface area (TPSA) is 244 Å². The molecule has 0 saturated heterocycles. The minimum absolute atomic E-state index is 0.0381. The van der Waals surface area contributed by atoms with E-state index in [1.165, 1.54) is 12.5 Å². The molecule has 40 heavy (non-hydrogen) atoms. The van der Waals surface area contributed by atoms with E-state index in [0.717, 1.165) is 5.56 Å². The predicted molar refractivity (Wildman–Crippen MR) is 149 cm³/mol. The van der Waals surface area contributed by atoms with E-state index in [4.69, 9.17) is 17.2 Å². The van der Waals surface area contributed by atoms with Crippen molar-refractivity contribution < 1.29 is 24.3 Å². The number of carboxylic acids is 1. The zero-order valence-corrected chi connectivity index (χ0v) is 22.7. The molecule has 0 aliphatic rings. The SMILES string of the molecule is CC(C)C(N)C(=O)NC(CCCN=C(N)N)C(=O)NC(Cc1ccccc1)C(=O)NC(Cc1cnc[nH]1)C(=O)O. The molecule has 2 rings (SSSR count). The van der Waals surface area contributed by atoms with Gasteiger partial charge in [0.05, 0.1) is 12.4 Å². The smallest absolute Gasteiger partial charge is 0.326 e. The van der Waals surface area contributed by atoms with E-state index in [0.29, 0.717) is 12.1 Å². The number of benzene rings is 1. The molecule has 3 amide bonds. The van der Waals surface area contributed by atoms with Gasteiger partial charge in [0.15, 0.2) is 5.96 Å². The highest BCUT2D eigenvalue weighted by Gasteiger charge is 2.31. The number of aromatic nitrogens is 2. The maximum Gasteiger partial charge on any atom is 0.326 e. The molecule has 4 atom stereocenters. The second-order valence-corrected chi connectivity index (χ2v) is 9.71. The van der Waals surface area contributed by atoms with Crippen LogP contribution in [0.2, 0.25) is 0 Å². The molecular weight excluding hydrogens is 518 g/mol. The van der Waals surface area contributed by atoms with Crippen molar-refractivity contribution in [1.29, 1.82) is 0 Å². The summed E-state index contributed by atoms with van der Waals surface area (Å²) in [5.41, 5.74) is 18.0. The first-order valence-corrected chi connectivity index (χ1v) is 12.9. The largest absolute Gasteiger partial charge is 0.480 e. The Hall–Kier alpha value is -4.46. The quantitative estimate of drug-likeness (QED) is 0.0698. The van der Waals surface area contributed by atoms with Crippen molar-refractivity contribution in [1.82, 2.24) is 25.9 Å². The fourth-order valence-electron chi connectivity index (χ4n) is 3.76. The summed E-state index contributed by atoms with van der Waals surface area (Å²) >= 11 is 0. The van der Waals surface area contributed by atoms with E-state index in [-0.39, 0.29) is 37.7 Å². The lowest BCUT2D eigenvalue weighted by Gasteiger charge is -2.26. The van der Waals surface area contributed by atoms with Crippen LogP contribution in [0, 0.1) is 5.92 Å². The summed E-state index contributed by atoms with van der Waals surface area (Å²) in [6.45, 7) is 3.78. The second-order valence-electron chi connectivity index (χ2n) is 9.71. The number of nitrogens with two attached hydrogens (primary N) is 3. The zero-order valence-electron chi connectivity index (χ0n) is 22.7. The van der Waals surface area contributed by atoms with Crippen LogP contribution >= 0.6 is 0 Å². The molecule has 14 heteroatoms. The van der Waals surface area contributed by atoms with Crippen molar-refractivity contribution in [2.75, 3.05) is 6.54 Å². The fourth-order valence-corrected chi connectivity index (χ4v) is 3.76. The number of aliphatic carboxylic acids is 1. The summed E-state index contributed by atoms with van der Waals surface area (Å²) in [6.07, 6.45) is 3.42. The number of H-pyrrole nitrogens is 1. The van der Waals surface area contributed by atoms with Crippen LogP contribution < -0.4 is 33.2 Å². The molecule has 0 spiro atoms. The van der Waals surface area contributed by atoms with Gasteiger partial charge in [-0.1, -0.05) is 44.2 Å². The molecule has 2 aromatic rings. The van der Waals surface area contributed by atoms with Crippen molar-refractivity contribution >= 4 is 29.7 Å². The van der Waals surface area contributed by atoms with Crippen LogP contribution in [-0.2, 0) is 32.0 Å². The Morgan fingerprint density at radius 3 is 2.15 bits per heavy atom. The van der Waals surface area contributed by atoms with Crippen molar-refractivity contribution in [2.24, 2.45) is 28.1 Å². The average molecular weight is 558 g/mol. The molecule has 11 N–H and O–H groups in total. The van der Waals surface area contributed by atoms with Crippen molar-refractivity contribution in [3.05, 3.63) is 54.1 Å². The number of nitrogens with one attached hydrogen (secondary N) is 4. The third-order valence-electron chi connectivity index (χ3n) is 6.11. The van der Waals surface area contributed by atoms with Gasteiger partial charge in [0.2, 0.25) is 17.7 Å². The van der Waals surface area contributed by atoms with Crippen molar-refractivity contribution in [2.45, 2.75) is 63.7 Å². The van der Waals surface area contributed by atoms with Gasteiger partial charge in [-0.15, -0.1) is 0 Å². The number of aliphatic imine (C=N–C) groups is 1. The molecule has 0 bridgehead atoms. The molecule has 1 aromatic heterocycles. The standard InChI is InChI=1S/C26H39N9O5/c1-15(2)21(27)24(38)33-18(9-6-10-31-26(28)29)22(36)34-19(11-16-7-4-3-5-8-16)23(37)35-20(25(39)40)12-17-13-30-14-32-17/h3-5,7-8,13-15,18-21H,6,9-12,27H2,1-2H3,(H,30,32)(H,33,38)(H,34,36)(H,35,37)(H,39,40)(H4,28,29,31). The van der Waals surface area contributed by atoms with Gasteiger partial charge in [-0.2, -0.15) is 0 Å². The third kappa shape index (κ3) is 10.7. The highest BCUT2D eigenvalue weighted by molar-refractivity contribution is 5.94. The van der Waals surface area contributed by atoms with Gasteiger partial charge in [-0.3, -0.25) is 19.4 Å². The van der Waals surface area contributed by atoms with Crippen molar-refractivity contribution in [3.8, 4) is 0 Å². The number of amides is 3. The van der Waals surface area contributed by atoms with Gasteiger partial charge < -0.3 is 43.2 Å². The predicted octanol–water partition coefficient (Wildman–Crippen LogP) is -1.23. The first-order chi connectivity index (χ1) is 19.0. The number of imidazole rings is 1. The minimum atomic E-state index is -1.28. The highest BCUT2D eigenvalue weighted by Crippen LogP contribution is 2.08. The molecule has 4 unspecified atom stereocenters. The van der Waals surface area contributed by atoms with Gasteiger partial charge in [0, 0.05) is 31.3 Å². The van der Waals surface area contributed by atoms with Crippen LogP contribution in [0.25, 0.3) is 0 Å². The Bertz CT molecular complexity index is 1130. The number of carboxylic acid groups (broad SMARTS) is 1. The van der Waals surface area contributed by atoms with E-state index in [1.807, 2.05) is 6.07 Å². The first-order valence-electron chi connectivity index (χ1n) is 12.9. The van der Waals surface area contributed by atoms with Crippen LogP contribution in [-0.4, -0.2) is 75.4 Å². The Labute approximate surface area is 232 Å². The molecule has 1 heterocycles. The van der Waals surface area contributed by atoms with Gasteiger partial charge in [-0.05, 0) is 24.3 Å². The van der Waals surface area contributed by atoms with E-state index >= 15 is 0 Å². The van der Waals surface area contributed by atoms with E-state index in [9.17, 15) is 24.3 Å². The molecule has 0 fully saturated rings. The summed E-state index contributed by atoms with van der Waals surface area (Å²) in [5.74, 6) is -3.38. The Balaban J connectivity index is 2.24. The number of rotatable bonds is 16. The fraction of sp³-hybridized carbons (Fsp3) is 0.462. The van der Waals surface area contributed by atoms with E-state index in [1.54, 1.807) is 38.1 Å². The summed E-state index contributed by atoms with van der Waals surface area (Å²) < 4.78 is 0. The van der Waals surface area contributed by atoms with Gasteiger partial charge >= 0.3 is 5.97 Å². The van der Waals surface area contributed by atoms with Crippen LogP contribution in [0.3, 0.4) is 0 Å². The molecule has 0 aliphatic heterocycles. The minimum Gasteiger partial charge on any atom is -0.480 e. The molecule has 14 nitrogen and oxygen atoms in total. The summed E-state index contributed by atoms with van der Waals surface area (Å²) in [4.78, 5) is 61.9. The number of guanidine groups is 1. The Morgan fingerprint density at radius 1 is 0.950 bits per heavy atom. The van der Waals surface area contributed by atoms with Gasteiger partial charge in [0.25, 0.3) is 0 Å². The average Bonchev–Trinajstić information content (AvgIpc) is 3.42. The normalized spacial score (nSPS) is 13.9. The molecule has 0 radical (unpaired) electrons. The van der Waals surface area contributed by atoms with Crippen LogP contribution in [0.1, 0.15) is 37.9 Å². The number of carbonyl (C=O) groups is 4. The number of nitrogens with zero attached hydrogens (tertiary/aromatic N) is 2. The monoisotopic (exact) mass is 557 g/mol. The highest BCUT2D eigenvalue weighted by atomic mass is 16.4. The number of carbonyl (C=O) groups excluding carboxylic acids is 3. The number of hydrogen-bond donors (Lipinski definition) is 8. The summed E-state index contributed by atoms with van der Waals surface area (Å²) in [5, 5.41) is 17.5.